The second kappa shape index (κ2) is 50.2. The number of amides is 15. The van der Waals surface area contributed by atoms with E-state index in [1.807, 2.05) is 0 Å². The van der Waals surface area contributed by atoms with Crippen molar-refractivity contribution < 1.29 is 121 Å². The Hall–Kier alpha value is -12.7. The zero-order chi connectivity index (χ0) is 97.8. The number of nitrogens with one attached hydrogen (secondary N) is 9. The maximum absolute atomic E-state index is 15.8. The molecule has 16 atom stereocenters. The summed E-state index contributed by atoms with van der Waals surface area (Å²) < 4.78 is 6.71. The Morgan fingerprint density at radius 2 is 1.11 bits per heavy atom. The average molecular weight is 1880 g/mol. The maximum atomic E-state index is 15.8. The highest BCUT2D eigenvalue weighted by Gasteiger charge is 2.48. The van der Waals surface area contributed by atoms with Gasteiger partial charge in [0.25, 0.3) is 0 Å². The van der Waals surface area contributed by atoms with Crippen LogP contribution in [0.3, 0.4) is 0 Å². The first-order valence-corrected chi connectivity index (χ1v) is 45.4. The molecule has 4 heterocycles. The number of ether oxygens (including phenoxy) is 1. The van der Waals surface area contributed by atoms with Crippen molar-refractivity contribution in [1.29, 1.82) is 0 Å². The molecule has 1 unspecified atom stereocenters. The van der Waals surface area contributed by atoms with E-state index in [1.165, 1.54) is 45.9 Å². The second-order valence-electron chi connectivity index (χ2n) is 33.9. The predicted octanol–water partition coefficient (Wildman–Crippen LogP) is -2.77. The Labute approximate surface area is 771 Å². The molecule has 15 amide bonds. The molecule has 3 aliphatic rings. The first-order chi connectivity index (χ1) is 63.3. The van der Waals surface area contributed by atoms with E-state index in [2.05, 4.69) is 47.5 Å². The number of aliphatic hydroxyl groups is 4. The molecule has 0 radical (unpaired) electrons. The van der Waals surface area contributed by atoms with Crippen LogP contribution in [0.15, 0.2) is 85.2 Å². The molecule has 724 valence electrons. The number of unbranched alkanes of at least 4 members (excludes halogenated alkanes) is 2. The van der Waals surface area contributed by atoms with Gasteiger partial charge < -0.3 is 119 Å². The first-order valence-electron chi connectivity index (χ1n) is 44.3. The van der Waals surface area contributed by atoms with Gasteiger partial charge in [-0.2, -0.15) is 0 Å². The minimum atomic E-state index is -1.93. The lowest BCUT2D eigenvalue weighted by molar-refractivity contribution is -0.149. The summed E-state index contributed by atoms with van der Waals surface area (Å²) in [6.07, 6.45) is -2.88. The quantitative estimate of drug-likeness (QED) is 0.0253. The molecule has 42 nitrogen and oxygen atoms in total. The van der Waals surface area contributed by atoms with E-state index in [0.29, 0.717) is 57.1 Å². The highest BCUT2D eigenvalue weighted by molar-refractivity contribution is 8.00. The number of methoxy groups -OCH3 is 1. The van der Waals surface area contributed by atoms with Crippen molar-refractivity contribution in [3.8, 4) is 5.75 Å². The number of fused-ring (bicyclic) bond motifs is 4. The van der Waals surface area contributed by atoms with Crippen LogP contribution in [0.4, 0.5) is 0 Å². The third-order valence-electron chi connectivity index (χ3n) is 24.4. The lowest BCUT2D eigenvalue weighted by Gasteiger charge is -2.36. The summed E-state index contributed by atoms with van der Waals surface area (Å²) in [5.74, 6) is -24.4. The number of likely N-dealkylation sites (N-methyl/N-ethyl adjacent to an activating group) is 3. The minimum Gasteiger partial charge on any atom is -0.497 e. The van der Waals surface area contributed by atoms with Crippen LogP contribution in [-0.2, 0) is 117 Å². The number of ketones is 3. The number of hydrogen-bond acceptors (Lipinski definition) is 25. The molecule has 2 aromatic heterocycles. The number of benzene rings is 3. The van der Waals surface area contributed by atoms with Crippen molar-refractivity contribution in [2.45, 2.75) is 228 Å². The number of aromatic amines is 1. The van der Waals surface area contributed by atoms with E-state index < -0.39 is 304 Å². The van der Waals surface area contributed by atoms with Crippen molar-refractivity contribution in [3.05, 3.63) is 102 Å². The first kappa shape index (κ1) is 106. The van der Waals surface area contributed by atoms with Crippen LogP contribution in [0.5, 0.6) is 5.75 Å². The molecule has 3 fully saturated rings. The number of carbonyl (C=O) groups excluding carboxylic acids is 18. The molecular weight excluding hydrogens is 1750 g/mol. The van der Waals surface area contributed by atoms with Gasteiger partial charge >= 0.3 is 5.97 Å². The van der Waals surface area contributed by atoms with Crippen LogP contribution in [0.25, 0.3) is 21.8 Å². The zero-order valence-electron chi connectivity index (χ0n) is 75.5. The number of aromatic nitrogens is 2. The molecule has 2 aliphatic heterocycles. The number of carboxylic acids is 1. The molecule has 133 heavy (non-hydrogen) atoms. The number of aliphatic hydroxyl groups excluding tert-OH is 4. The number of H-pyrrole nitrogens is 1. The molecule has 0 bridgehead atoms. The van der Waals surface area contributed by atoms with Gasteiger partial charge in [-0.05, 0) is 92.8 Å². The Kier molecular flexibility index (Phi) is 39.9. The van der Waals surface area contributed by atoms with Gasteiger partial charge in [-0.15, -0.1) is 11.8 Å². The predicted molar refractivity (Wildman–Crippen MR) is 481 cm³/mol. The molecule has 2 saturated heterocycles. The number of carboxylic acid groups (broad SMARTS) is 1. The van der Waals surface area contributed by atoms with Gasteiger partial charge in [-0.25, -0.2) is 0 Å². The fourth-order valence-corrected chi connectivity index (χ4v) is 17.7. The lowest BCUT2D eigenvalue weighted by Crippen LogP contribution is -2.60. The van der Waals surface area contributed by atoms with Crippen molar-refractivity contribution in [2.75, 3.05) is 66.1 Å². The smallest absolute Gasteiger partial charge is 0.323 e. The van der Waals surface area contributed by atoms with E-state index in [9.17, 15) is 87.9 Å². The molecule has 5 aromatic rings. The van der Waals surface area contributed by atoms with E-state index in [4.69, 9.17) is 21.9 Å². The normalized spacial score (nSPS) is 25.5. The van der Waals surface area contributed by atoms with Crippen molar-refractivity contribution in [1.82, 2.24) is 71.7 Å². The molecule has 20 N–H and O–H groups in total. The molecule has 0 spiro atoms. The van der Waals surface area contributed by atoms with Crippen molar-refractivity contribution >= 4 is 145 Å². The summed E-state index contributed by atoms with van der Waals surface area (Å²) in [4.78, 5) is 279. The number of aliphatic carboxylic acids is 1. The summed E-state index contributed by atoms with van der Waals surface area (Å²) in [5.41, 5.74) is 18.9. The highest BCUT2D eigenvalue weighted by Crippen LogP contribution is 2.36. The van der Waals surface area contributed by atoms with Crippen LogP contribution in [0.2, 0.25) is 0 Å². The highest BCUT2D eigenvalue weighted by atomic mass is 32.2. The zero-order valence-corrected chi connectivity index (χ0v) is 76.3. The van der Waals surface area contributed by atoms with Gasteiger partial charge in [-0.1, -0.05) is 88.1 Å². The van der Waals surface area contributed by atoms with Crippen LogP contribution >= 0.6 is 11.8 Å². The SMILES string of the molecule is CCCC[C@H]1C(=O)N(C)[C@@H](CCCC)C(=O)N[C@@H](CO)C(=O)N[C@H](C(=O)CCC(N)=O)CSCC(=O)N[C@@H](Cc2ccc(OC)cc2)C(=O)N(C)[C@@H](C)C(=O)N[C@@H](CC(N)=O)C(=O)N2CCC[C@H]2C(=O)N[C@@H](CO)C(=O)N[C@@H](CCC(N)=O)C(=O)C2C[C@H](O)C[C@H]2C(=O)N[C@@H](Cc2c[nH]c3ccccc23)C(=O)C[C@@H](CO)C(=O)N[C@@H](Cc2cn(CC(=O)O)c3ccccc23)C(=O)N1C. The van der Waals surface area contributed by atoms with E-state index in [0.717, 1.165) is 31.4 Å². The van der Waals surface area contributed by atoms with Crippen LogP contribution in [0, 0.1) is 17.8 Å². The fraction of sp³-hybridized carbons (Fsp3) is 0.544. The number of thioether (sulfide) groups is 1. The van der Waals surface area contributed by atoms with E-state index >= 15 is 28.8 Å². The van der Waals surface area contributed by atoms with Gasteiger partial charge in [-0.3, -0.25) is 91.1 Å². The van der Waals surface area contributed by atoms with Crippen LogP contribution in [0.1, 0.15) is 140 Å². The number of Topliss-reactive ketones (excluding diaryl/α,β-unsaturated/α-hetero) is 3. The van der Waals surface area contributed by atoms with Gasteiger partial charge in [0.05, 0.1) is 75.2 Å². The number of carbonyl (C=O) groups is 19. The largest absolute Gasteiger partial charge is 0.497 e. The summed E-state index contributed by atoms with van der Waals surface area (Å²) in [6, 6.07) is -0.0102. The lowest BCUT2D eigenvalue weighted by atomic mass is 9.85. The number of primary amides is 3. The van der Waals surface area contributed by atoms with Gasteiger partial charge in [0.2, 0.25) is 88.6 Å². The summed E-state index contributed by atoms with van der Waals surface area (Å²) >= 11 is 0.756. The van der Waals surface area contributed by atoms with Crippen molar-refractivity contribution in [2.24, 2.45) is 35.0 Å². The number of rotatable bonds is 27. The van der Waals surface area contributed by atoms with Gasteiger partial charge in [0.1, 0.15) is 66.7 Å². The van der Waals surface area contributed by atoms with E-state index in [1.54, 1.807) is 92.8 Å². The summed E-state index contributed by atoms with van der Waals surface area (Å²) in [7, 11) is 5.16. The number of nitrogens with zero attached hydrogens (tertiary/aromatic N) is 5. The number of hydrogen-bond donors (Lipinski definition) is 17. The summed E-state index contributed by atoms with van der Waals surface area (Å²) in [5, 5.41) is 75.8. The molecule has 8 rings (SSSR count). The van der Waals surface area contributed by atoms with Crippen molar-refractivity contribution in [3.63, 3.8) is 0 Å². The molecule has 1 saturated carbocycles. The van der Waals surface area contributed by atoms with E-state index in [-0.39, 0.29) is 57.9 Å². The maximum Gasteiger partial charge on any atom is 0.323 e. The standard InChI is InChI=1S/C90H123N17O25S/c1-8-10-20-69-85(126)100-66(45-110)84(125)102-67(72(112)29-31-75(92)115)46-133-47-77(117)95-62(33-49-24-26-54(132-7)27-25-49)87(128)103(4)48(3)80(121)98-64(39-76(93)116)89(130)107-32-16-23-70(107)86(127)101-65(44-109)83(124)96-60(28-30-74(91)114)79(120)57-37-53(111)38-58(57)82(123)97-61(34-50-40-94-59-19-14-12-17-55(50)59)73(113)36-52(43-108)81(122)99-63(88(129)105(6)71(21-11-9-2)90(131)104(69)5)35-51-41-106(42-78(118)119)68-22-15-13-18-56(51)68/h12-15,17-19,22,24-27,40-41,48,52-53,57-58,60-67,69-71,94,108-111H,8-11,16,20-21,23,28-39,42-47H2,1-7H3,(H2,91,114)(H2,92,115)(H2,93,116)(H,95,117)(H,96,124)(H,97,123)(H,98,121)(H,99,122)(H,100,126)(H,101,127)(H,102,125)(H,118,119)/t48-,52-,53-,57?,58+,60-,61-,62-,63-,64-,65-,66-,67-,69-,70-,71-/m0/s1. The fourth-order valence-electron chi connectivity index (χ4n) is 16.8. The minimum absolute atomic E-state index is 0.0783. The molecular formula is C90H123N17O25S. The number of para-hydroxylation sites is 2. The Bertz CT molecular complexity index is 5060. The molecule has 3 aromatic carbocycles. The Morgan fingerprint density at radius 1 is 0.541 bits per heavy atom. The van der Waals surface area contributed by atoms with Crippen LogP contribution in [-0.4, -0.2) is 311 Å². The number of nitrogens with two attached hydrogens (primary N) is 3. The second-order valence-corrected chi connectivity index (χ2v) is 34.9. The van der Waals surface area contributed by atoms with Crippen LogP contribution < -0.4 is 64.5 Å². The van der Waals surface area contributed by atoms with Gasteiger partial charge in [0.15, 0.2) is 17.3 Å². The Balaban J connectivity index is 1.19. The topological polar surface area (TPSA) is 643 Å². The Morgan fingerprint density at radius 3 is 1.74 bits per heavy atom. The monoisotopic (exact) mass is 1870 g/mol. The van der Waals surface area contributed by atoms with Gasteiger partial charge in [0, 0.05) is 119 Å². The third kappa shape index (κ3) is 28.9. The molecule has 1 aliphatic carbocycles. The third-order valence-corrected chi connectivity index (χ3v) is 25.4. The summed E-state index contributed by atoms with van der Waals surface area (Å²) in [6.45, 7) is 0.724. The molecule has 43 heteroatoms. The average Bonchev–Trinajstić information content (AvgIpc) is 1.69.